The van der Waals surface area contributed by atoms with Gasteiger partial charge < -0.3 is 0 Å². The van der Waals surface area contributed by atoms with Crippen LogP contribution in [0.1, 0.15) is 43.2 Å². The Balaban J connectivity index is 2.64. The Kier molecular flexibility index (Phi) is 3.88. The van der Waals surface area contributed by atoms with E-state index in [0.717, 1.165) is 11.3 Å². The molecule has 0 spiro atoms. The van der Waals surface area contributed by atoms with Crippen LogP contribution in [0.5, 0.6) is 0 Å². The Morgan fingerprint density at radius 2 is 1.45 bits per heavy atom. The van der Waals surface area contributed by atoms with Crippen molar-refractivity contribution in [3.05, 3.63) is 45.7 Å². The van der Waals surface area contributed by atoms with E-state index in [-0.39, 0.29) is 5.41 Å². The van der Waals surface area contributed by atoms with E-state index < -0.39 is 0 Å². The van der Waals surface area contributed by atoms with Crippen LogP contribution in [0.15, 0.2) is 18.2 Å². The summed E-state index contributed by atoms with van der Waals surface area (Å²) in [5, 5.41) is 0.498. The molecule has 0 N–H and O–H groups in total. The van der Waals surface area contributed by atoms with Gasteiger partial charge in [0, 0.05) is 11.0 Å². The second-order valence-electron chi connectivity index (χ2n) is 6.40. The van der Waals surface area contributed by atoms with Crippen LogP contribution in [-0.4, -0.2) is 9.97 Å². The van der Waals surface area contributed by atoms with E-state index in [9.17, 15) is 0 Å². The first-order chi connectivity index (χ1) is 9.18. The number of nitrogens with zero attached hydrogens (tertiary/aromatic N) is 2. The highest BCUT2D eigenvalue weighted by atomic mass is 35.5. The summed E-state index contributed by atoms with van der Waals surface area (Å²) in [5.41, 5.74) is 5.67. The van der Waals surface area contributed by atoms with Crippen molar-refractivity contribution in [1.82, 2.24) is 9.97 Å². The summed E-state index contributed by atoms with van der Waals surface area (Å²) >= 11 is 6.18. The van der Waals surface area contributed by atoms with E-state index >= 15 is 0 Å². The lowest BCUT2D eigenvalue weighted by atomic mass is 9.92. The molecule has 3 heteroatoms. The molecule has 2 rings (SSSR count). The number of hydrogen-bond donors (Lipinski definition) is 0. The zero-order valence-electron chi connectivity index (χ0n) is 13.0. The van der Waals surface area contributed by atoms with Crippen LogP contribution in [0, 0.1) is 20.8 Å². The molecule has 1 aromatic carbocycles. The van der Waals surface area contributed by atoms with Gasteiger partial charge in [-0.3, -0.25) is 0 Å². The Morgan fingerprint density at radius 1 is 0.850 bits per heavy atom. The molecule has 0 aliphatic carbocycles. The molecule has 0 unspecified atom stereocenters. The van der Waals surface area contributed by atoms with Gasteiger partial charge in [-0.2, -0.15) is 0 Å². The van der Waals surface area contributed by atoms with E-state index in [1.165, 1.54) is 16.7 Å². The minimum Gasteiger partial charge on any atom is -0.232 e. The van der Waals surface area contributed by atoms with Gasteiger partial charge in [0.05, 0.1) is 5.69 Å². The van der Waals surface area contributed by atoms with Crippen LogP contribution in [-0.2, 0) is 5.41 Å². The second-order valence-corrected chi connectivity index (χ2v) is 6.79. The highest BCUT2D eigenvalue weighted by Crippen LogP contribution is 2.28. The van der Waals surface area contributed by atoms with Crippen molar-refractivity contribution in [3.8, 4) is 11.4 Å². The molecule has 0 fully saturated rings. The number of rotatable bonds is 1. The molecule has 1 heterocycles. The molecular weight excluding hydrogens is 268 g/mol. The molecule has 0 aliphatic rings. The molecule has 0 saturated carbocycles. The molecule has 2 aromatic rings. The lowest BCUT2D eigenvalue weighted by Gasteiger charge is -2.19. The highest BCUT2D eigenvalue weighted by Gasteiger charge is 2.19. The van der Waals surface area contributed by atoms with Crippen molar-refractivity contribution in [2.24, 2.45) is 0 Å². The van der Waals surface area contributed by atoms with Crippen LogP contribution in [0.25, 0.3) is 11.4 Å². The van der Waals surface area contributed by atoms with Crippen LogP contribution < -0.4 is 0 Å². The monoisotopic (exact) mass is 288 g/mol. The van der Waals surface area contributed by atoms with Crippen molar-refractivity contribution in [2.45, 2.75) is 47.0 Å². The van der Waals surface area contributed by atoms with Gasteiger partial charge in [-0.15, -0.1) is 0 Å². The summed E-state index contributed by atoms with van der Waals surface area (Å²) in [6.45, 7) is 12.7. The Morgan fingerprint density at radius 3 is 2.05 bits per heavy atom. The largest absolute Gasteiger partial charge is 0.232 e. The number of benzene rings is 1. The van der Waals surface area contributed by atoms with Crippen LogP contribution in [0.4, 0.5) is 0 Å². The normalized spacial score (nSPS) is 11.8. The third-order valence-corrected chi connectivity index (χ3v) is 3.74. The quantitative estimate of drug-likeness (QED) is 0.689. The van der Waals surface area contributed by atoms with Gasteiger partial charge in [0.2, 0.25) is 0 Å². The van der Waals surface area contributed by atoms with Gasteiger partial charge in [0.1, 0.15) is 5.15 Å². The summed E-state index contributed by atoms with van der Waals surface area (Å²) in [6, 6.07) is 6.16. The van der Waals surface area contributed by atoms with Gasteiger partial charge in [0.15, 0.2) is 5.82 Å². The fourth-order valence-corrected chi connectivity index (χ4v) is 2.31. The van der Waals surface area contributed by atoms with Crippen molar-refractivity contribution in [3.63, 3.8) is 0 Å². The smallest absolute Gasteiger partial charge is 0.161 e. The molecule has 106 valence electrons. The number of hydrogen-bond acceptors (Lipinski definition) is 2. The minimum absolute atomic E-state index is 0.0467. The molecule has 0 atom stereocenters. The predicted molar refractivity (Wildman–Crippen MR) is 85.4 cm³/mol. The van der Waals surface area contributed by atoms with Crippen molar-refractivity contribution >= 4 is 11.6 Å². The molecule has 0 bridgehead atoms. The zero-order chi connectivity index (χ0) is 15.1. The number of halogens is 1. The van der Waals surface area contributed by atoms with Gasteiger partial charge in [-0.25, -0.2) is 9.97 Å². The molecule has 20 heavy (non-hydrogen) atoms. The summed E-state index contributed by atoms with van der Waals surface area (Å²) in [6.07, 6.45) is 0. The first kappa shape index (κ1) is 15.0. The van der Waals surface area contributed by atoms with E-state index in [0.29, 0.717) is 11.0 Å². The SMILES string of the molecule is Cc1cc(C)c(-c2nc(Cl)cc(C(C)(C)C)n2)cc1C. The van der Waals surface area contributed by atoms with E-state index in [2.05, 4.69) is 58.7 Å². The molecule has 0 saturated heterocycles. The van der Waals surface area contributed by atoms with Gasteiger partial charge in [-0.05, 0) is 49.6 Å². The molecule has 0 amide bonds. The van der Waals surface area contributed by atoms with E-state index in [4.69, 9.17) is 16.6 Å². The van der Waals surface area contributed by atoms with Crippen molar-refractivity contribution in [1.29, 1.82) is 0 Å². The van der Waals surface area contributed by atoms with Crippen molar-refractivity contribution in [2.75, 3.05) is 0 Å². The summed E-state index contributed by atoms with van der Waals surface area (Å²) < 4.78 is 0. The molecule has 1 aromatic heterocycles. The summed E-state index contributed by atoms with van der Waals surface area (Å²) in [5.74, 6) is 0.711. The fraction of sp³-hybridized carbons (Fsp3) is 0.412. The number of aromatic nitrogens is 2. The zero-order valence-corrected chi connectivity index (χ0v) is 13.8. The molecule has 0 radical (unpaired) electrons. The third-order valence-electron chi connectivity index (χ3n) is 3.54. The predicted octanol–water partition coefficient (Wildman–Crippen LogP) is 5.02. The van der Waals surface area contributed by atoms with E-state index in [1.807, 2.05) is 6.07 Å². The Hall–Kier alpha value is -1.41. The Labute approximate surface area is 126 Å². The van der Waals surface area contributed by atoms with Crippen molar-refractivity contribution < 1.29 is 0 Å². The number of aryl methyl sites for hydroxylation is 3. The molecular formula is C17H21ClN2. The van der Waals surface area contributed by atoms with Gasteiger partial charge in [0.25, 0.3) is 0 Å². The average Bonchev–Trinajstić information content (AvgIpc) is 2.32. The first-order valence-corrected chi connectivity index (χ1v) is 7.19. The van der Waals surface area contributed by atoms with Gasteiger partial charge in [-0.1, -0.05) is 38.4 Å². The second kappa shape index (κ2) is 5.17. The summed E-state index contributed by atoms with van der Waals surface area (Å²) in [7, 11) is 0. The Bertz CT molecular complexity index is 655. The summed E-state index contributed by atoms with van der Waals surface area (Å²) in [4.78, 5) is 9.11. The third kappa shape index (κ3) is 3.01. The highest BCUT2D eigenvalue weighted by molar-refractivity contribution is 6.29. The topological polar surface area (TPSA) is 25.8 Å². The lowest BCUT2D eigenvalue weighted by molar-refractivity contribution is 0.568. The first-order valence-electron chi connectivity index (χ1n) is 6.82. The lowest BCUT2D eigenvalue weighted by Crippen LogP contribution is -2.14. The van der Waals surface area contributed by atoms with Gasteiger partial charge >= 0.3 is 0 Å². The maximum Gasteiger partial charge on any atom is 0.161 e. The standard InChI is InChI=1S/C17H21ClN2/c1-10-7-12(3)13(8-11(10)2)16-19-14(17(4,5)6)9-15(18)20-16/h7-9H,1-6H3. The van der Waals surface area contributed by atoms with Crippen LogP contribution in [0.3, 0.4) is 0 Å². The molecule has 2 nitrogen and oxygen atoms in total. The maximum absolute atomic E-state index is 6.18. The van der Waals surface area contributed by atoms with Crippen LogP contribution >= 0.6 is 11.6 Å². The maximum atomic E-state index is 6.18. The fourth-order valence-electron chi connectivity index (χ4n) is 2.12. The van der Waals surface area contributed by atoms with Crippen LogP contribution in [0.2, 0.25) is 5.15 Å². The molecule has 0 aliphatic heterocycles. The van der Waals surface area contributed by atoms with E-state index in [1.54, 1.807) is 0 Å². The average molecular weight is 289 g/mol. The minimum atomic E-state index is -0.0467.